The van der Waals surface area contributed by atoms with Crippen LogP contribution in [0.1, 0.15) is 72.1 Å². The first kappa shape index (κ1) is 35.0. The third-order valence-corrected chi connectivity index (χ3v) is 7.59. The number of carbonyl (C=O) groups excluding carboxylic acids is 2. The lowest BCUT2D eigenvalue weighted by Gasteiger charge is -2.24. The normalized spacial score (nSPS) is 13.1. The van der Waals surface area contributed by atoms with Crippen molar-refractivity contribution in [1.82, 2.24) is 26.1 Å². The highest BCUT2D eigenvalue weighted by Crippen LogP contribution is 2.23. The number of guanidine groups is 1. The molecule has 3 aromatic rings. The van der Waals surface area contributed by atoms with Crippen LogP contribution in [0.3, 0.4) is 0 Å². The number of phenols is 1. The molecule has 13 nitrogen and oxygen atoms in total. The summed E-state index contributed by atoms with van der Waals surface area (Å²) in [5.74, 6) is -0.109. The molecule has 2 unspecified atom stereocenters. The monoisotopic (exact) mass is 621 g/mol. The molecule has 0 bridgehead atoms. The number of nitrogens with zero attached hydrogens (tertiary/aromatic N) is 2. The summed E-state index contributed by atoms with van der Waals surface area (Å²) in [7, 11) is 0. The second-order valence-corrected chi connectivity index (χ2v) is 11.3. The third kappa shape index (κ3) is 11.5. The Hall–Kier alpha value is -4.49. The van der Waals surface area contributed by atoms with Gasteiger partial charge in [-0.05, 0) is 93.3 Å². The lowest BCUT2D eigenvalue weighted by molar-refractivity contribution is -0.130. The first-order chi connectivity index (χ1) is 21.6. The van der Waals surface area contributed by atoms with E-state index in [1.807, 2.05) is 44.2 Å². The minimum absolute atomic E-state index is 0.124. The molecular formula is C32H47N9O4. The van der Waals surface area contributed by atoms with E-state index in [0.29, 0.717) is 50.5 Å². The Kier molecular flexibility index (Phi) is 13.8. The number of hydrogen-bond acceptors (Lipinski definition) is 9. The largest absolute Gasteiger partial charge is 0.508 e. The molecule has 45 heavy (non-hydrogen) atoms. The fourth-order valence-corrected chi connectivity index (χ4v) is 5.09. The molecule has 11 N–H and O–H groups in total. The quantitative estimate of drug-likeness (QED) is 0.0583. The van der Waals surface area contributed by atoms with Crippen LogP contribution in [-0.2, 0) is 28.9 Å². The predicted molar refractivity (Wildman–Crippen MR) is 172 cm³/mol. The van der Waals surface area contributed by atoms with E-state index >= 15 is 0 Å². The number of aryl methyl sites for hydroxylation is 4. The molecule has 3 rings (SSSR count). The lowest BCUT2D eigenvalue weighted by Crippen LogP contribution is -2.53. The Morgan fingerprint density at radius 1 is 1.00 bits per heavy atom. The molecule has 0 saturated heterocycles. The summed E-state index contributed by atoms with van der Waals surface area (Å²) in [4.78, 5) is 31.6. The number of phenolic OH excluding ortho intramolecular Hbond substituents is 1. The van der Waals surface area contributed by atoms with Gasteiger partial charge in [0.1, 0.15) is 17.8 Å². The SMILES string of the molecule is Cc1cc(O)cc(C)c1CC(NC(=O)C(N)CCCNC(=N)N)C(=O)N[C@@H](CCCCN)c1nc(CCc2ccccc2)no1. The Morgan fingerprint density at radius 3 is 2.38 bits per heavy atom. The van der Waals surface area contributed by atoms with E-state index in [4.69, 9.17) is 27.1 Å². The zero-order chi connectivity index (χ0) is 32.8. The fourth-order valence-electron chi connectivity index (χ4n) is 5.09. The number of unbranched alkanes of at least 4 members (excludes halogenated alkanes) is 1. The summed E-state index contributed by atoms with van der Waals surface area (Å²) in [5, 5.41) is 30.0. The van der Waals surface area contributed by atoms with Crippen LogP contribution < -0.4 is 33.2 Å². The van der Waals surface area contributed by atoms with Crippen LogP contribution in [-0.4, -0.2) is 58.2 Å². The maximum Gasteiger partial charge on any atom is 0.249 e. The summed E-state index contributed by atoms with van der Waals surface area (Å²) >= 11 is 0. The van der Waals surface area contributed by atoms with E-state index in [2.05, 4.69) is 26.1 Å². The molecule has 0 spiro atoms. The number of aromatic nitrogens is 2. The van der Waals surface area contributed by atoms with Crippen molar-refractivity contribution in [3.05, 3.63) is 76.4 Å². The number of hydrogen-bond donors (Lipinski definition) is 8. The average molecular weight is 622 g/mol. The number of nitrogens with two attached hydrogens (primary N) is 3. The molecule has 0 aliphatic heterocycles. The summed E-state index contributed by atoms with van der Waals surface area (Å²) in [6.07, 6.45) is 4.32. The molecule has 0 aliphatic carbocycles. The Bertz CT molecular complexity index is 1370. The summed E-state index contributed by atoms with van der Waals surface area (Å²) in [5.41, 5.74) is 20.8. The van der Waals surface area contributed by atoms with Crippen molar-refractivity contribution in [2.24, 2.45) is 17.2 Å². The standard InChI is InChI=1S/C32H47N9O4/c1-20-17-23(42)18-21(2)24(20)19-27(39-29(43)25(34)11-8-16-37-32(35)36)30(44)38-26(12-6-7-15-33)31-40-28(41-45-31)14-13-22-9-4-3-5-10-22/h3-5,9-10,17-18,25-27,42H,6-8,11-16,19,33-34H2,1-2H3,(H,38,44)(H,39,43)(H4,35,36,37)/t25?,26-,27?/m0/s1. The molecule has 0 saturated carbocycles. The Morgan fingerprint density at radius 2 is 1.71 bits per heavy atom. The summed E-state index contributed by atoms with van der Waals surface area (Å²) < 4.78 is 5.62. The van der Waals surface area contributed by atoms with Crippen molar-refractivity contribution in [2.75, 3.05) is 13.1 Å². The lowest BCUT2D eigenvalue weighted by atomic mass is 9.95. The number of aromatic hydroxyl groups is 1. The zero-order valence-corrected chi connectivity index (χ0v) is 26.1. The van der Waals surface area contributed by atoms with Crippen molar-refractivity contribution in [3.63, 3.8) is 0 Å². The molecule has 0 radical (unpaired) electrons. The van der Waals surface area contributed by atoms with Gasteiger partial charge in [0.05, 0.1) is 6.04 Å². The van der Waals surface area contributed by atoms with Gasteiger partial charge in [-0.25, -0.2) is 0 Å². The van der Waals surface area contributed by atoms with Crippen LogP contribution in [0, 0.1) is 19.3 Å². The van der Waals surface area contributed by atoms with Gasteiger partial charge in [-0.2, -0.15) is 4.98 Å². The van der Waals surface area contributed by atoms with E-state index in [9.17, 15) is 14.7 Å². The molecule has 2 amide bonds. The predicted octanol–water partition coefficient (Wildman–Crippen LogP) is 1.78. The highest BCUT2D eigenvalue weighted by atomic mass is 16.5. The van der Waals surface area contributed by atoms with Gasteiger partial charge in [0.15, 0.2) is 11.8 Å². The summed E-state index contributed by atoms with van der Waals surface area (Å²) in [6, 6.07) is 10.8. The molecule has 0 fully saturated rings. The highest BCUT2D eigenvalue weighted by molar-refractivity contribution is 5.90. The average Bonchev–Trinajstić information content (AvgIpc) is 3.48. The van der Waals surface area contributed by atoms with Crippen LogP contribution in [0.25, 0.3) is 0 Å². The molecule has 244 valence electrons. The van der Waals surface area contributed by atoms with Gasteiger partial charge in [0, 0.05) is 19.4 Å². The van der Waals surface area contributed by atoms with E-state index in [1.165, 1.54) is 0 Å². The van der Waals surface area contributed by atoms with Crippen LogP contribution in [0.5, 0.6) is 5.75 Å². The molecule has 3 atom stereocenters. The molecule has 13 heteroatoms. The first-order valence-electron chi connectivity index (χ1n) is 15.4. The minimum Gasteiger partial charge on any atom is -0.508 e. The van der Waals surface area contributed by atoms with Gasteiger partial charge >= 0.3 is 0 Å². The second kappa shape index (κ2) is 17.7. The highest BCUT2D eigenvalue weighted by Gasteiger charge is 2.29. The molecule has 0 aliphatic rings. The van der Waals surface area contributed by atoms with Crippen LogP contribution in [0.4, 0.5) is 0 Å². The number of benzene rings is 2. The number of rotatable bonds is 18. The molecule has 1 heterocycles. The van der Waals surface area contributed by atoms with Crippen molar-refractivity contribution < 1.29 is 19.2 Å². The summed E-state index contributed by atoms with van der Waals surface area (Å²) in [6.45, 7) is 4.59. The van der Waals surface area contributed by atoms with Crippen molar-refractivity contribution in [1.29, 1.82) is 5.41 Å². The van der Waals surface area contributed by atoms with Gasteiger partial charge in [-0.3, -0.25) is 15.0 Å². The molecule has 1 aromatic heterocycles. The van der Waals surface area contributed by atoms with Crippen LogP contribution in [0.2, 0.25) is 0 Å². The van der Waals surface area contributed by atoms with Gasteiger partial charge in [-0.15, -0.1) is 0 Å². The number of amides is 2. The van der Waals surface area contributed by atoms with E-state index in [0.717, 1.165) is 41.5 Å². The van der Waals surface area contributed by atoms with Gasteiger partial charge < -0.3 is 42.8 Å². The Labute approximate surface area is 264 Å². The molecular weight excluding hydrogens is 574 g/mol. The van der Waals surface area contributed by atoms with E-state index < -0.39 is 29.9 Å². The van der Waals surface area contributed by atoms with Crippen LogP contribution in [0.15, 0.2) is 47.0 Å². The van der Waals surface area contributed by atoms with E-state index in [-0.39, 0.29) is 18.1 Å². The van der Waals surface area contributed by atoms with Crippen molar-refractivity contribution in [3.8, 4) is 5.75 Å². The fraction of sp³-hybridized carbons (Fsp3) is 0.469. The van der Waals surface area contributed by atoms with Crippen molar-refractivity contribution >= 4 is 17.8 Å². The second-order valence-electron chi connectivity index (χ2n) is 11.3. The van der Waals surface area contributed by atoms with Gasteiger partial charge in [-0.1, -0.05) is 35.5 Å². The van der Waals surface area contributed by atoms with Gasteiger partial charge in [0.25, 0.3) is 0 Å². The number of nitrogens with one attached hydrogen (secondary N) is 4. The maximum atomic E-state index is 13.9. The Balaban J connectivity index is 1.78. The molecule has 2 aromatic carbocycles. The van der Waals surface area contributed by atoms with Crippen LogP contribution >= 0.6 is 0 Å². The maximum absolute atomic E-state index is 13.9. The minimum atomic E-state index is -0.974. The third-order valence-electron chi connectivity index (χ3n) is 7.59. The number of carbonyl (C=O) groups is 2. The topological polar surface area (TPSA) is 231 Å². The van der Waals surface area contributed by atoms with Crippen molar-refractivity contribution in [2.45, 2.75) is 83.3 Å². The van der Waals surface area contributed by atoms with E-state index in [1.54, 1.807) is 12.1 Å². The first-order valence-corrected chi connectivity index (χ1v) is 15.4. The van der Waals surface area contributed by atoms with Gasteiger partial charge in [0.2, 0.25) is 17.7 Å². The zero-order valence-electron chi connectivity index (χ0n) is 26.1. The smallest absolute Gasteiger partial charge is 0.249 e.